The summed E-state index contributed by atoms with van der Waals surface area (Å²) in [6.45, 7) is 1.80. The summed E-state index contributed by atoms with van der Waals surface area (Å²) in [6, 6.07) is 17.9. The zero-order valence-corrected chi connectivity index (χ0v) is 17.3. The van der Waals surface area contributed by atoms with Gasteiger partial charge in [0.05, 0.1) is 11.4 Å². The normalized spacial score (nSPS) is 14.2. The second-order valence-corrected chi connectivity index (χ2v) is 7.64. The van der Waals surface area contributed by atoms with Crippen LogP contribution in [0, 0.1) is 5.82 Å². The first-order valence-electron chi connectivity index (χ1n) is 10.4. The van der Waals surface area contributed by atoms with Gasteiger partial charge in [-0.3, -0.25) is 9.59 Å². The first-order chi connectivity index (χ1) is 15.6. The number of hydrogen-bond donors (Lipinski definition) is 0. The summed E-state index contributed by atoms with van der Waals surface area (Å²) in [5.74, 6) is -0.466. The van der Waals surface area contributed by atoms with Crippen LogP contribution in [0.2, 0.25) is 0 Å². The molecule has 2 aromatic heterocycles. The van der Waals surface area contributed by atoms with Crippen molar-refractivity contribution >= 4 is 17.1 Å². The van der Waals surface area contributed by atoms with Crippen molar-refractivity contribution in [2.75, 3.05) is 31.1 Å². The predicted octanol–water partition coefficient (Wildman–Crippen LogP) is 2.05. The molecule has 0 spiro atoms. The van der Waals surface area contributed by atoms with Gasteiger partial charge in [-0.15, -0.1) is 0 Å². The number of para-hydroxylation sites is 1. The molecule has 162 valence electrons. The molecule has 0 radical (unpaired) electrons. The highest BCUT2D eigenvalue weighted by Gasteiger charge is 2.23. The molecule has 32 heavy (non-hydrogen) atoms. The third kappa shape index (κ3) is 3.73. The molecule has 1 aliphatic rings. The lowest BCUT2D eigenvalue weighted by Crippen LogP contribution is -2.50. The van der Waals surface area contributed by atoms with Crippen LogP contribution in [0.1, 0.15) is 0 Å². The maximum absolute atomic E-state index is 14.0. The van der Waals surface area contributed by atoms with Gasteiger partial charge >= 0.3 is 0 Å². The van der Waals surface area contributed by atoms with Crippen molar-refractivity contribution in [3.63, 3.8) is 0 Å². The number of benzene rings is 2. The molecule has 4 aromatic rings. The zero-order chi connectivity index (χ0) is 22.1. The molecule has 1 fully saturated rings. The lowest BCUT2D eigenvalue weighted by Gasteiger charge is -2.36. The average molecular weight is 432 g/mol. The molecule has 9 heteroatoms. The summed E-state index contributed by atoms with van der Waals surface area (Å²) >= 11 is 0. The summed E-state index contributed by atoms with van der Waals surface area (Å²) < 4.78 is 16.6. The number of halogens is 1. The van der Waals surface area contributed by atoms with Crippen LogP contribution < -0.4 is 10.5 Å². The van der Waals surface area contributed by atoms with E-state index in [1.54, 1.807) is 29.2 Å². The minimum absolute atomic E-state index is 0.152. The Kier molecular flexibility index (Phi) is 5.14. The topological polar surface area (TPSA) is 75.7 Å². The van der Waals surface area contributed by atoms with Gasteiger partial charge in [0.1, 0.15) is 24.2 Å². The van der Waals surface area contributed by atoms with Crippen LogP contribution in [0.4, 0.5) is 10.1 Å². The largest absolute Gasteiger partial charge is 0.366 e. The van der Waals surface area contributed by atoms with Crippen LogP contribution >= 0.6 is 0 Å². The van der Waals surface area contributed by atoms with Gasteiger partial charge in [-0.25, -0.2) is 13.6 Å². The fourth-order valence-electron chi connectivity index (χ4n) is 3.93. The summed E-state index contributed by atoms with van der Waals surface area (Å²) in [6.07, 6.45) is 1.44. The highest BCUT2D eigenvalue weighted by molar-refractivity contribution is 5.76. The number of hydrogen-bond acceptors (Lipinski definition) is 5. The van der Waals surface area contributed by atoms with Crippen molar-refractivity contribution in [3.05, 3.63) is 83.2 Å². The monoisotopic (exact) mass is 432 g/mol. The SMILES string of the molecule is O=C(Cn1ncn2nc(-c3ccccc3)cc2c1=O)N1CCN(c2ccccc2F)CC1. The molecule has 0 unspecified atom stereocenters. The molecule has 0 aliphatic carbocycles. The van der Waals surface area contributed by atoms with E-state index in [9.17, 15) is 14.0 Å². The molecule has 0 saturated carbocycles. The lowest BCUT2D eigenvalue weighted by atomic mass is 10.1. The van der Waals surface area contributed by atoms with Crippen molar-refractivity contribution in [2.45, 2.75) is 6.54 Å². The number of carbonyl (C=O) groups excluding carboxylic acids is 1. The number of rotatable bonds is 4. The van der Waals surface area contributed by atoms with Crippen molar-refractivity contribution < 1.29 is 9.18 Å². The third-order valence-corrected chi connectivity index (χ3v) is 5.67. The van der Waals surface area contributed by atoms with Gasteiger partial charge < -0.3 is 9.80 Å². The van der Waals surface area contributed by atoms with Crippen LogP contribution in [0.15, 0.2) is 71.8 Å². The Hall–Kier alpha value is -4.01. The molecule has 1 saturated heterocycles. The second-order valence-electron chi connectivity index (χ2n) is 7.64. The minimum Gasteiger partial charge on any atom is -0.366 e. The summed E-state index contributed by atoms with van der Waals surface area (Å²) in [5.41, 5.74) is 2.08. The van der Waals surface area contributed by atoms with E-state index in [4.69, 9.17) is 0 Å². The molecule has 2 aromatic carbocycles. The molecular formula is C23H21FN6O2. The van der Waals surface area contributed by atoms with Gasteiger partial charge in [-0.1, -0.05) is 42.5 Å². The van der Waals surface area contributed by atoms with Crippen molar-refractivity contribution in [3.8, 4) is 11.3 Å². The van der Waals surface area contributed by atoms with Gasteiger partial charge in [-0.05, 0) is 18.2 Å². The van der Waals surface area contributed by atoms with Gasteiger partial charge in [0, 0.05) is 31.7 Å². The number of nitrogens with zero attached hydrogens (tertiary/aromatic N) is 6. The molecule has 0 N–H and O–H groups in total. The number of piperazine rings is 1. The molecule has 1 aliphatic heterocycles. The summed E-state index contributed by atoms with van der Waals surface area (Å²) in [5, 5.41) is 8.53. The van der Waals surface area contributed by atoms with Crippen molar-refractivity contribution in [2.24, 2.45) is 0 Å². The minimum atomic E-state index is -0.375. The average Bonchev–Trinajstić information content (AvgIpc) is 3.27. The highest BCUT2D eigenvalue weighted by Crippen LogP contribution is 2.20. The molecule has 0 atom stereocenters. The van der Waals surface area contributed by atoms with Gasteiger partial charge in [0.15, 0.2) is 0 Å². The predicted molar refractivity (Wildman–Crippen MR) is 118 cm³/mol. The van der Waals surface area contributed by atoms with Gasteiger partial charge in [0.25, 0.3) is 5.56 Å². The van der Waals surface area contributed by atoms with E-state index in [1.807, 2.05) is 35.2 Å². The number of aromatic nitrogens is 4. The zero-order valence-electron chi connectivity index (χ0n) is 17.3. The Morgan fingerprint density at radius 2 is 1.69 bits per heavy atom. The first-order valence-corrected chi connectivity index (χ1v) is 10.4. The fourth-order valence-corrected chi connectivity index (χ4v) is 3.93. The van der Waals surface area contributed by atoms with Crippen LogP contribution in [0.5, 0.6) is 0 Å². The van der Waals surface area contributed by atoms with Crippen molar-refractivity contribution in [1.29, 1.82) is 0 Å². The number of carbonyl (C=O) groups is 1. The molecule has 3 heterocycles. The highest BCUT2D eigenvalue weighted by atomic mass is 19.1. The Morgan fingerprint density at radius 3 is 2.44 bits per heavy atom. The molecule has 1 amide bonds. The Morgan fingerprint density at radius 1 is 0.969 bits per heavy atom. The second kappa shape index (κ2) is 8.26. The van der Waals surface area contributed by atoms with E-state index in [-0.39, 0.29) is 23.8 Å². The van der Waals surface area contributed by atoms with Gasteiger partial charge in [-0.2, -0.15) is 10.2 Å². The van der Waals surface area contributed by atoms with Crippen LogP contribution in [-0.4, -0.2) is 56.4 Å². The standard InChI is InChI=1S/C23H21FN6O2/c24-18-8-4-5-9-20(18)27-10-12-28(13-11-27)22(31)15-29-23(32)21-14-19(26-30(21)16-25-29)17-6-2-1-3-7-17/h1-9,14,16H,10-13,15H2. The molecule has 0 bridgehead atoms. The van der Waals surface area contributed by atoms with Crippen molar-refractivity contribution in [1.82, 2.24) is 24.3 Å². The summed E-state index contributed by atoms with van der Waals surface area (Å²) in [7, 11) is 0. The van der Waals surface area contributed by atoms with Gasteiger partial charge in [0.2, 0.25) is 5.91 Å². The quantitative estimate of drug-likeness (QED) is 0.493. The summed E-state index contributed by atoms with van der Waals surface area (Å²) in [4.78, 5) is 29.3. The fraction of sp³-hybridized carbons (Fsp3) is 0.217. The van der Waals surface area contributed by atoms with E-state index in [2.05, 4.69) is 10.2 Å². The smallest absolute Gasteiger partial charge is 0.293 e. The van der Waals surface area contributed by atoms with E-state index >= 15 is 0 Å². The molecular weight excluding hydrogens is 411 g/mol. The maximum Gasteiger partial charge on any atom is 0.293 e. The molecule has 5 rings (SSSR count). The van der Waals surface area contributed by atoms with E-state index < -0.39 is 0 Å². The number of amides is 1. The third-order valence-electron chi connectivity index (χ3n) is 5.67. The Labute approximate surface area is 183 Å². The molecule has 8 nitrogen and oxygen atoms in total. The van der Waals surface area contributed by atoms with Crippen LogP contribution in [-0.2, 0) is 11.3 Å². The number of fused-ring (bicyclic) bond motifs is 1. The Bertz CT molecular complexity index is 1330. The van der Waals surface area contributed by atoms with Crippen LogP contribution in [0.3, 0.4) is 0 Å². The van der Waals surface area contributed by atoms with E-state index in [0.717, 1.165) is 10.2 Å². The van der Waals surface area contributed by atoms with E-state index in [0.29, 0.717) is 43.1 Å². The first kappa shape index (κ1) is 19.9. The maximum atomic E-state index is 14.0. The van der Waals surface area contributed by atoms with Crippen LogP contribution in [0.25, 0.3) is 16.8 Å². The lowest BCUT2D eigenvalue weighted by molar-refractivity contribution is -0.132. The van der Waals surface area contributed by atoms with E-state index in [1.165, 1.54) is 16.9 Å². The number of anilines is 1. The Balaban J connectivity index is 1.29.